The van der Waals surface area contributed by atoms with Crippen molar-refractivity contribution in [2.75, 3.05) is 7.11 Å². The van der Waals surface area contributed by atoms with Crippen LogP contribution >= 0.6 is 0 Å². The summed E-state index contributed by atoms with van der Waals surface area (Å²) in [5.41, 5.74) is 2.83. The van der Waals surface area contributed by atoms with Gasteiger partial charge in [0.25, 0.3) is 0 Å². The van der Waals surface area contributed by atoms with E-state index in [9.17, 15) is 4.79 Å². The predicted octanol–water partition coefficient (Wildman–Crippen LogP) is 5.13. The standard InChI is InChI=1S/C23H17NO3/c1-26-17-13-11-16(12-14-17)22-15-20(19-9-5-6-10-21(19)24-22)23(25)27-18-7-3-2-4-8-18/h2-15H,1H3. The molecule has 0 aliphatic carbocycles. The Morgan fingerprint density at radius 3 is 2.26 bits per heavy atom. The third-order valence-corrected chi connectivity index (χ3v) is 4.28. The molecule has 0 saturated heterocycles. The molecule has 4 nitrogen and oxygen atoms in total. The maximum Gasteiger partial charge on any atom is 0.344 e. The molecule has 4 rings (SSSR count). The number of nitrogens with zero attached hydrogens (tertiary/aromatic N) is 1. The highest BCUT2D eigenvalue weighted by Gasteiger charge is 2.16. The second-order valence-electron chi connectivity index (χ2n) is 6.00. The zero-order valence-electron chi connectivity index (χ0n) is 14.8. The second kappa shape index (κ2) is 7.30. The maximum atomic E-state index is 12.8. The molecule has 132 valence electrons. The fourth-order valence-electron chi connectivity index (χ4n) is 2.90. The van der Waals surface area contributed by atoms with Gasteiger partial charge in [0.2, 0.25) is 0 Å². The van der Waals surface area contributed by atoms with Gasteiger partial charge in [-0.15, -0.1) is 0 Å². The lowest BCUT2D eigenvalue weighted by Crippen LogP contribution is -2.10. The Morgan fingerprint density at radius 1 is 0.815 bits per heavy atom. The first-order chi connectivity index (χ1) is 13.2. The van der Waals surface area contributed by atoms with E-state index >= 15 is 0 Å². The Bertz CT molecular complexity index is 1090. The minimum atomic E-state index is -0.408. The Hall–Kier alpha value is -3.66. The Morgan fingerprint density at radius 2 is 1.52 bits per heavy atom. The number of aromatic nitrogens is 1. The van der Waals surface area contributed by atoms with Crippen LogP contribution in [0.4, 0.5) is 0 Å². The average molecular weight is 355 g/mol. The molecule has 3 aromatic carbocycles. The normalized spacial score (nSPS) is 10.6. The van der Waals surface area contributed by atoms with Gasteiger partial charge in [0.05, 0.1) is 23.9 Å². The van der Waals surface area contributed by atoms with Crippen molar-refractivity contribution in [3.05, 3.63) is 90.5 Å². The number of methoxy groups -OCH3 is 1. The molecule has 0 spiro atoms. The molecule has 1 aromatic heterocycles. The minimum Gasteiger partial charge on any atom is -0.497 e. The highest BCUT2D eigenvalue weighted by molar-refractivity contribution is 6.05. The Labute approximate surface area is 157 Å². The molecule has 0 aliphatic rings. The summed E-state index contributed by atoms with van der Waals surface area (Å²) >= 11 is 0. The number of carbonyl (C=O) groups is 1. The van der Waals surface area contributed by atoms with Crippen LogP contribution in [0.1, 0.15) is 10.4 Å². The van der Waals surface area contributed by atoms with E-state index in [0.29, 0.717) is 17.0 Å². The fraction of sp³-hybridized carbons (Fsp3) is 0.0435. The number of fused-ring (bicyclic) bond motifs is 1. The monoisotopic (exact) mass is 355 g/mol. The molecule has 4 aromatic rings. The van der Waals surface area contributed by atoms with E-state index in [0.717, 1.165) is 22.2 Å². The van der Waals surface area contributed by atoms with E-state index in [4.69, 9.17) is 14.5 Å². The molecular weight excluding hydrogens is 338 g/mol. The topological polar surface area (TPSA) is 48.4 Å². The van der Waals surface area contributed by atoms with E-state index in [1.807, 2.05) is 66.7 Å². The maximum absolute atomic E-state index is 12.8. The smallest absolute Gasteiger partial charge is 0.344 e. The molecule has 0 unspecified atom stereocenters. The largest absolute Gasteiger partial charge is 0.497 e. The quantitative estimate of drug-likeness (QED) is 0.376. The summed E-state index contributed by atoms with van der Waals surface area (Å²) in [4.78, 5) is 17.5. The lowest BCUT2D eigenvalue weighted by molar-refractivity contribution is 0.0737. The number of hydrogen-bond acceptors (Lipinski definition) is 4. The van der Waals surface area contributed by atoms with Crippen LogP contribution in [-0.4, -0.2) is 18.1 Å². The molecular formula is C23H17NO3. The molecule has 0 saturated carbocycles. The van der Waals surface area contributed by atoms with Crippen LogP contribution in [-0.2, 0) is 0 Å². The summed E-state index contributed by atoms with van der Waals surface area (Å²) in [6, 6.07) is 26.0. The summed E-state index contributed by atoms with van der Waals surface area (Å²) in [7, 11) is 1.63. The van der Waals surface area contributed by atoms with E-state index in [-0.39, 0.29) is 0 Å². The van der Waals surface area contributed by atoms with Gasteiger partial charge in [0.15, 0.2) is 0 Å². The van der Waals surface area contributed by atoms with Crippen LogP contribution in [0.5, 0.6) is 11.5 Å². The van der Waals surface area contributed by atoms with E-state index < -0.39 is 5.97 Å². The Kier molecular flexibility index (Phi) is 4.54. The summed E-state index contributed by atoms with van der Waals surface area (Å²) in [5.74, 6) is 0.868. The van der Waals surface area contributed by atoms with Crippen LogP contribution in [0.15, 0.2) is 84.9 Å². The van der Waals surface area contributed by atoms with Crippen LogP contribution < -0.4 is 9.47 Å². The average Bonchev–Trinajstić information content (AvgIpc) is 2.73. The van der Waals surface area contributed by atoms with E-state index in [1.165, 1.54) is 0 Å². The lowest BCUT2D eigenvalue weighted by atomic mass is 10.0. The van der Waals surface area contributed by atoms with Crippen LogP contribution in [0.25, 0.3) is 22.2 Å². The number of esters is 1. The molecule has 0 N–H and O–H groups in total. The van der Waals surface area contributed by atoms with Crippen molar-refractivity contribution in [3.63, 3.8) is 0 Å². The number of pyridine rings is 1. The third kappa shape index (κ3) is 3.51. The summed E-state index contributed by atoms with van der Waals surface area (Å²) < 4.78 is 10.8. The zero-order valence-corrected chi connectivity index (χ0v) is 14.8. The Balaban J connectivity index is 1.79. The lowest BCUT2D eigenvalue weighted by Gasteiger charge is -2.10. The van der Waals surface area contributed by atoms with Gasteiger partial charge in [-0.2, -0.15) is 0 Å². The fourth-order valence-corrected chi connectivity index (χ4v) is 2.90. The van der Waals surface area contributed by atoms with Gasteiger partial charge < -0.3 is 9.47 Å². The summed E-state index contributed by atoms with van der Waals surface area (Å²) in [5, 5.41) is 0.760. The first-order valence-electron chi connectivity index (χ1n) is 8.56. The number of rotatable bonds is 4. The molecule has 27 heavy (non-hydrogen) atoms. The van der Waals surface area contributed by atoms with Gasteiger partial charge in [-0.25, -0.2) is 9.78 Å². The van der Waals surface area contributed by atoms with Crippen molar-refractivity contribution in [1.82, 2.24) is 4.98 Å². The molecule has 0 amide bonds. The molecule has 0 atom stereocenters. The first-order valence-corrected chi connectivity index (χ1v) is 8.56. The van der Waals surface area contributed by atoms with Crippen LogP contribution in [0.3, 0.4) is 0 Å². The van der Waals surface area contributed by atoms with Gasteiger partial charge in [-0.1, -0.05) is 36.4 Å². The van der Waals surface area contributed by atoms with Crippen molar-refractivity contribution in [2.45, 2.75) is 0 Å². The zero-order chi connectivity index (χ0) is 18.6. The van der Waals surface area contributed by atoms with Gasteiger partial charge >= 0.3 is 5.97 Å². The minimum absolute atomic E-state index is 0.408. The van der Waals surface area contributed by atoms with Crippen LogP contribution in [0, 0.1) is 0 Å². The molecule has 0 bridgehead atoms. The van der Waals surface area contributed by atoms with Crippen molar-refractivity contribution in [3.8, 4) is 22.8 Å². The molecule has 0 aliphatic heterocycles. The first kappa shape index (κ1) is 16.8. The van der Waals surface area contributed by atoms with Gasteiger partial charge in [-0.05, 0) is 48.5 Å². The predicted molar refractivity (Wildman–Crippen MR) is 105 cm³/mol. The molecule has 1 heterocycles. The molecule has 4 heteroatoms. The summed E-state index contributed by atoms with van der Waals surface area (Å²) in [6.45, 7) is 0. The third-order valence-electron chi connectivity index (χ3n) is 4.28. The highest BCUT2D eigenvalue weighted by atomic mass is 16.5. The van der Waals surface area contributed by atoms with Crippen molar-refractivity contribution < 1.29 is 14.3 Å². The van der Waals surface area contributed by atoms with E-state index in [2.05, 4.69) is 0 Å². The van der Waals surface area contributed by atoms with Crippen molar-refractivity contribution in [2.24, 2.45) is 0 Å². The summed E-state index contributed by atoms with van der Waals surface area (Å²) in [6.07, 6.45) is 0. The van der Waals surface area contributed by atoms with Crippen molar-refractivity contribution >= 4 is 16.9 Å². The SMILES string of the molecule is COc1ccc(-c2cc(C(=O)Oc3ccccc3)c3ccccc3n2)cc1. The number of hydrogen-bond donors (Lipinski definition) is 0. The number of para-hydroxylation sites is 2. The highest BCUT2D eigenvalue weighted by Crippen LogP contribution is 2.27. The van der Waals surface area contributed by atoms with Gasteiger partial charge in [0.1, 0.15) is 11.5 Å². The van der Waals surface area contributed by atoms with Gasteiger partial charge in [-0.3, -0.25) is 0 Å². The number of ether oxygens (including phenoxy) is 2. The second-order valence-corrected chi connectivity index (χ2v) is 6.00. The molecule has 0 fully saturated rings. The number of benzene rings is 3. The van der Waals surface area contributed by atoms with Gasteiger partial charge in [0, 0.05) is 10.9 Å². The van der Waals surface area contributed by atoms with Crippen LogP contribution in [0.2, 0.25) is 0 Å². The van der Waals surface area contributed by atoms with E-state index in [1.54, 1.807) is 25.3 Å². The number of carbonyl (C=O) groups excluding carboxylic acids is 1. The van der Waals surface area contributed by atoms with Crippen molar-refractivity contribution in [1.29, 1.82) is 0 Å². The molecule has 0 radical (unpaired) electrons.